The fourth-order valence-electron chi connectivity index (χ4n) is 1.58. The smallest absolute Gasteiger partial charge is 0.235 e. The third kappa shape index (κ3) is 2.06. The van der Waals surface area contributed by atoms with Crippen LogP contribution in [-0.2, 0) is 0 Å². The van der Waals surface area contributed by atoms with Crippen molar-refractivity contribution in [2.45, 2.75) is 0 Å². The molecule has 0 N–H and O–H groups in total. The zero-order valence-corrected chi connectivity index (χ0v) is 8.26. The predicted octanol–water partition coefficient (Wildman–Crippen LogP) is 3.23. The van der Waals surface area contributed by atoms with Crippen LogP contribution in [0.1, 0.15) is 5.56 Å². The van der Waals surface area contributed by atoms with Gasteiger partial charge in [-0.25, -0.2) is 4.39 Å². The molecule has 0 radical (unpaired) electrons. The Hall–Kier alpha value is -2.23. The number of hydrogen-bond acceptors (Lipinski definition) is 2. The lowest BCUT2D eigenvalue weighted by atomic mass is 10.0. The molecular formula is C12H8FNO2. The maximum Gasteiger partial charge on any atom is 0.235 e. The SMILES string of the molecule is O=[N+]([O-])C=Cc1cc(F)cc2ccccc12. The minimum absolute atomic E-state index is 0.401. The van der Waals surface area contributed by atoms with E-state index in [1.807, 2.05) is 6.07 Å². The summed E-state index contributed by atoms with van der Waals surface area (Å²) in [5, 5.41) is 11.7. The highest BCUT2D eigenvalue weighted by Gasteiger charge is 2.02. The highest BCUT2D eigenvalue weighted by molar-refractivity contribution is 5.90. The zero-order chi connectivity index (χ0) is 11.5. The van der Waals surface area contributed by atoms with Gasteiger partial charge >= 0.3 is 0 Å². The first-order chi connectivity index (χ1) is 7.66. The highest BCUT2D eigenvalue weighted by atomic mass is 19.1. The van der Waals surface area contributed by atoms with Gasteiger partial charge < -0.3 is 0 Å². The highest BCUT2D eigenvalue weighted by Crippen LogP contribution is 2.21. The van der Waals surface area contributed by atoms with Crippen LogP contribution in [0.25, 0.3) is 16.8 Å². The Kier molecular flexibility index (Phi) is 2.64. The lowest BCUT2D eigenvalue weighted by Crippen LogP contribution is -1.85. The topological polar surface area (TPSA) is 43.1 Å². The van der Waals surface area contributed by atoms with Gasteiger partial charge in [0.2, 0.25) is 6.20 Å². The fraction of sp³-hybridized carbons (Fsp3) is 0. The van der Waals surface area contributed by atoms with Crippen LogP contribution >= 0.6 is 0 Å². The van der Waals surface area contributed by atoms with Crippen molar-refractivity contribution in [2.75, 3.05) is 0 Å². The van der Waals surface area contributed by atoms with Gasteiger partial charge in [0.05, 0.1) is 4.92 Å². The Morgan fingerprint density at radius 2 is 2.00 bits per heavy atom. The molecule has 2 rings (SSSR count). The van der Waals surface area contributed by atoms with Crippen molar-refractivity contribution in [1.29, 1.82) is 0 Å². The molecule has 0 atom stereocenters. The second-order valence-electron chi connectivity index (χ2n) is 3.32. The predicted molar refractivity (Wildman–Crippen MR) is 59.9 cm³/mol. The van der Waals surface area contributed by atoms with Gasteiger partial charge in [-0.2, -0.15) is 0 Å². The molecule has 2 aromatic rings. The van der Waals surface area contributed by atoms with E-state index in [-0.39, 0.29) is 0 Å². The first-order valence-electron chi connectivity index (χ1n) is 4.67. The summed E-state index contributed by atoms with van der Waals surface area (Å²) in [7, 11) is 0. The van der Waals surface area contributed by atoms with E-state index in [0.29, 0.717) is 5.56 Å². The minimum atomic E-state index is -0.570. The third-order valence-electron chi connectivity index (χ3n) is 2.23. The minimum Gasteiger partial charge on any atom is -0.259 e. The van der Waals surface area contributed by atoms with Crippen LogP contribution in [0.3, 0.4) is 0 Å². The lowest BCUT2D eigenvalue weighted by molar-refractivity contribution is -0.400. The normalized spacial score (nSPS) is 11.1. The van der Waals surface area contributed by atoms with Crippen molar-refractivity contribution in [1.82, 2.24) is 0 Å². The maximum atomic E-state index is 13.2. The van der Waals surface area contributed by atoms with Crippen LogP contribution in [0.5, 0.6) is 0 Å². The second kappa shape index (κ2) is 4.10. The van der Waals surface area contributed by atoms with Crippen LogP contribution < -0.4 is 0 Å². The molecule has 0 fully saturated rings. The first kappa shape index (κ1) is 10.3. The molecule has 0 saturated heterocycles. The first-order valence-corrected chi connectivity index (χ1v) is 4.67. The van der Waals surface area contributed by atoms with Crippen LogP contribution in [-0.4, -0.2) is 4.92 Å². The Labute approximate surface area is 91.0 Å². The number of benzene rings is 2. The number of fused-ring (bicyclic) bond motifs is 1. The van der Waals surface area contributed by atoms with E-state index in [2.05, 4.69) is 0 Å². The average Bonchev–Trinajstić information content (AvgIpc) is 2.25. The molecule has 0 spiro atoms. The van der Waals surface area contributed by atoms with Crippen molar-refractivity contribution in [3.63, 3.8) is 0 Å². The number of rotatable bonds is 2. The second-order valence-corrected chi connectivity index (χ2v) is 3.32. The molecule has 0 amide bonds. The molecule has 0 aliphatic heterocycles. The van der Waals surface area contributed by atoms with E-state index < -0.39 is 10.7 Å². The molecule has 80 valence electrons. The summed E-state index contributed by atoms with van der Waals surface area (Å²) in [6.07, 6.45) is 2.10. The molecule has 0 aromatic heterocycles. The number of nitrogens with zero attached hydrogens (tertiary/aromatic N) is 1. The monoisotopic (exact) mass is 217 g/mol. The molecule has 0 saturated carbocycles. The summed E-state index contributed by atoms with van der Waals surface area (Å²) < 4.78 is 13.2. The van der Waals surface area contributed by atoms with E-state index in [4.69, 9.17) is 0 Å². The van der Waals surface area contributed by atoms with Gasteiger partial charge in [-0.3, -0.25) is 10.1 Å². The summed E-state index contributed by atoms with van der Waals surface area (Å²) in [6.45, 7) is 0. The van der Waals surface area contributed by atoms with E-state index in [1.165, 1.54) is 18.2 Å². The summed E-state index contributed by atoms with van der Waals surface area (Å²) >= 11 is 0. The van der Waals surface area contributed by atoms with Gasteiger partial charge in [-0.05, 0) is 28.5 Å². The quantitative estimate of drug-likeness (QED) is 0.572. The van der Waals surface area contributed by atoms with Crippen LogP contribution in [0.15, 0.2) is 42.6 Å². The lowest BCUT2D eigenvalue weighted by Gasteiger charge is -2.01. The molecule has 0 unspecified atom stereocenters. The van der Waals surface area contributed by atoms with Crippen molar-refractivity contribution >= 4 is 16.8 Å². The zero-order valence-electron chi connectivity index (χ0n) is 8.26. The standard InChI is InChI=1S/C12H8FNO2/c13-11-7-9-3-1-2-4-12(9)10(8-11)5-6-14(15)16/h1-8H. The Morgan fingerprint density at radius 1 is 1.25 bits per heavy atom. The summed E-state index contributed by atoms with van der Waals surface area (Å²) in [5.74, 6) is -0.401. The van der Waals surface area contributed by atoms with Gasteiger partial charge in [-0.1, -0.05) is 24.3 Å². The maximum absolute atomic E-state index is 13.2. The van der Waals surface area contributed by atoms with Crippen LogP contribution in [0.2, 0.25) is 0 Å². The molecule has 0 aliphatic rings. The molecule has 0 heterocycles. The number of nitro groups is 1. The molecular weight excluding hydrogens is 209 g/mol. The Balaban J connectivity index is 2.63. The van der Waals surface area contributed by atoms with Gasteiger partial charge in [0, 0.05) is 6.08 Å². The van der Waals surface area contributed by atoms with Crippen molar-refractivity contribution in [2.24, 2.45) is 0 Å². The largest absolute Gasteiger partial charge is 0.259 e. The van der Waals surface area contributed by atoms with Crippen LogP contribution in [0, 0.1) is 15.9 Å². The van der Waals surface area contributed by atoms with Gasteiger partial charge in [-0.15, -0.1) is 0 Å². The third-order valence-corrected chi connectivity index (χ3v) is 2.23. The van der Waals surface area contributed by atoms with Crippen LogP contribution in [0.4, 0.5) is 4.39 Å². The average molecular weight is 217 g/mol. The van der Waals surface area contributed by atoms with Gasteiger partial charge in [0.1, 0.15) is 5.82 Å². The van der Waals surface area contributed by atoms with E-state index in [0.717, 1.165) is 17.0 Å². The fourth-order valence-corrected chi connectivity index (χ4v) is 1.58. The van der Waals surface area contributed by atoms with Gasteiger partial charge in [0.15, 0.2) is 0 Å². The molecule has 0 aliphatic carbocycles. The number of halogens is 1. The van der Waals surface area contributed by atoms with E-state index >= 15 is 0 Å². The van der Waals surface area contributed by atoms with Crippen molar-refractivity contribution in [3.05, 3.63) is 64.1 Å². The molecule has 0 bridgehead atoms. The number of hydrogen-bond donors (Lipinski definition) is 0. The van der Waals surface area contributed by atoms with E-state index in [9.17, 15) is 14.5 Å². The van der Waals surface area contributed by atoms with Crippen molar-refractivity contribution in [3.8, 4) is 0 Å². The summed E-state index contributed by atoms with van der Waals surface area (Å²) in [5.41, 5.74) is 0.507. The van der Waals surface area contributed by atoms with Crippen molar-refractivity contribution < 1.29 is 9.31 Å². The molecule has 3 nitrogen and oxygen atoms in total. The molecule has 16 heavy (non-hydrogen) atoms. The Bertz CT molecular complexity index is 578. The van der Waals surface area contributed by atoms with Gasteiger partial charge in [0.25, 0.3) is 0 Å². The summed E-state index contributed by atoms with van der Waals surface area (Å²) in [4.78, 5) is 9.65. The molecule has 2 aromatic carbocycles. The Morgan fingerprint density at radius 3 is 2.75 bits per heavy atom. The summed E-state index contributed by atoms with van der Waals surface area (Å²) in [6, 6.07) is 9.85. The molecule has 4 heteroatoms. The van der Waals surface area contributed by atoms with E-state index in [1.54, 1.807) is 18.2 Å².